The molecule has 2 aromatic rings. The van der Waals surface area contributed by atoms with Gasteiger partial charge in [0.25, 0.3) is 5.91 Å². The van der Waals surface area contributed by atoms with Crippen molar-refractivity contribution in [1.82, 2.24) is 5.32 Å². The van der Waals surface area contributed by atoms with Crippen molar-refractivity contribution in [3.8, 4) is 5.75 Å². The molecule has 0 aliphatic rings. The van der Waals surface area contributed by atoms with E-state index in [9.17, 15) is 14.4 Å². The summed E-state index contributed by atoms with van der Waals surface area (Å²) in [6.45, 7) is 3.04. The van der Waals surface area contributed by atoms with Gasteiger partial charge in [-0.25, -0.2) is 9.59 Å². The molecule has 0 radical (unpaired) electrons. The summed E-state index contributed by atoms with van der Waals surface area (Å²) in [4.78, 5) is 36.6. The maximum absolute atomic E-state index is 12.2. The van der Waals surface area contributed by atoms with Crippen LogP contribution < -0.4 is 15.8 Å². The maximum Gasteiger partial charge on any atom is 0.344 e. The summed E-state index contributed by atoms with van der Waals surface area (Å²) in [7, 11) is 1.45. The van der Waals surface area contributed by atoms with Crippen molar-refractivity contribution >= 4 is 34.2 Å². The van der Waals surface area contributed by atoms with Crippen LogP contribution >= 0.6 is 11.3 Å². The van der Waals surface area contributed by atoms with Gasteiger partial charge in [0.05, 0.1) is 6.61 Å². The molecule has 150 valence electrons. The number of thiophene rings is 1. The van der Waals surface area contributed by atoms with Crippen molar-refractivity contribution < 1.29 is 28.6 Å². The zero-order chi connectivity index (χ0) is 20.7. The van der Waals surface area contributed by atoms with Gasteiger partial charge < -0.3 is 25.3 Å². The van der Waals surface area contributed by atoms with Crippen molar-refractivity contribution in [3.63, 3.8) is 0 Å². The lowest BCUT2D eigenvalue weighted by Crippen LogP contribution is -2.21. The molecule has 8 nitrogen and oxygen atoms in total. The molecule has 0 aliphatic carbocycles. The van der Waals surface area contributed by atoms with Gasteiger partial charge in [-0.3, -0.25) is 4.79 Å². The Labute approximate surface area is 166 Å². The second-order valence-corrected chi connectivity index (χ2v) is 6.72. The Bertz CT molecular complexity index is 877. The summed E-state index contributed by atoms with van der Waals surface area (Å²) in [5.74, 6) is -1.19. The predicted octanol–water partition coefficient (Wildman–Crippen LogP) is 2.30. The lowest BCUT2D eigenvalue weighted by molar-refractivity contribution is -0.147. The molecule has 0 bridgehead atoms. The second-order valence-electron chi connectivity index (χ2n) is 5.66. The summed E-state index contributed by atoms with van der Waals surface area (Å²) in [5, 5.41) is 2.60. The van der Waals surface area contributed by atoms with E-state index >= 15 is 0 Å². The monoisotopic (exact) mass is 406 g/mol. The average molecular weight is 406 g/mol. The van der Waals surface area contributed by atoms with Crippen molar-refractivity contribution in [3.05, 3.63) is 45.8 Å². The number of nitrogen functional groups attached to an aromatic ring is 1. The molecule has 0 saturated heterocycles. The third-order valence-corrected chi connectivity index (χ3v) is 4.82. The van der Waals surface area contributed by atoms with Gasteiger partial charge in [0, 0.05) is 12.6 Å². The van der Waals surface area contributed by atoms with E-state index in [1.807, 2.05) is 19.1 Å². The first-order valence-electron chi connectivity index (χ1n) is 8.53. The highest BCUT2D eigenvalue weighted by Crippen LogP contribution is 2.32. The Morgan fingerprint density at radius 2 is 1.89 bits per heavy atom. The molecular weight excluding hydrogens is 384 g/mol. The van der Waals surface area contributed by atoms with Crippen LogP contribution in [0.25, 0.3) is 0 Å². The van der Waals surface area contributed by atoms with Crippen LogP contribution in [0.2, 0.25) is 0 Å². The number of para-hydroxylation sites is 1. The van der Waals surface area contributed by atoms with Crippen LogP contribution in [0, 0.1) is 6.92 Å². The molecule has 0 saturated carbocycles. The predicted molar refractivity (Wildman–Crippen MR) is 105 cm³/mol. The van der Waals surface area contributed by atoms with Gasteiger partial charge in [0.1, 0.15) is 27.8 Å². The molecule has 0 atom stereocenters. The van der Waals surface area contributed by atoms with E-state index in [0.717, 1.165) is 16.9 Å². The number of aryl methyl sites for hydroxylation is 1. The summed E-state index contributed by atoms with van der Waals surface area (Å²) < 4.78 is 15.6. The van der Waals surface area contributed by atoms with E-state index in [0.29, 0.717) is 5.75 Å². The number of amides is 1. The smallest absolute Gasteiger partial charge is 0.344 e. The maximum atomic E-state index is 12.2. The molecule has 28 heavy (non-hydrogen) atoms. The topological polar surface area (TPSA) is 117 Å². The largest absolute Gasteiger partial charge is 0.482 e. The lowest BCUT2D eigenvalue weighted by Gasteiger charge is -2.10. The number of hydrogen-bond donors (Lipinski definition) is 2. The van der Waals surface area contributed by atoms with Crippen LogP contribution in [-0.2, 0) is 20.9 Å². The number of hydrogen-bond acceptors (Lipinski definition) is 8. The van der Waals surface area contributed by atoms with E-state index < -0.39 is 17.8 Å². The molecule has 0 spiro atoms. The fourth-order valence-electron chi connectivity index (χ4n) is 2.40. The normalized spacial score (nSPS) is 10.2. The van der Waals surface area contributed by atoms with Crippen LogP contribution in [0.3, 0.4) is 0 Å². The molecule has 0 aliphatic heterocycles. The summed E-state index contributed by atoms with van der Waals surface area (Å²) in [6, 6.07) is 7.25. The van der Waals surface area contributed by atoms with Crippen LogP contribution in [-0.4, -0.2) is 38.1 Å². The minimum atomic E-state index is -0.673. The Morgan fingerprint density at radius 3 is 2.54 bits per heavy atom. The average Bonchev–Trinajstić information content (AvgIpc) is 3.01. The molecule has 0 fully saturated rings. The fraction of sp³-hybridized carbons (Fsp3) is 0.316. The van der Waals surface area contributed by atoms with E-state index in [2.05, 4.69) is 5.32 Å². The zero-order valence-corrected chi connectivity index (χ0v) is 16.7. The van der Waals surface area contributed by atoms with Gasteiger partial charge >= 0.3 is 11.9 Å². The number of nitrogens with two attached hydrogens (primary N) is 1. The molecular formula is C19H22N2O6S. The molecule has 1 heterocycles. The molecule has 0 unspecified atom stereocenters. The quantitative estimate of drug-likeness (QED) is 0.646. The minimum absolute atomic E-state index is 0.0399. The number of rotatable bonds is 8. The van der Waals surface area contributed by atoms with Gasteiger partial charge in [0.15, 0.2) is 6.61 Å². The Hall–Kier alpha value is -3.07. The van der Waals surface area contributed by atoms with Gasteiger partial charge in [-0.1, -0.05) is 18.2 Å². The number of nitrogens with one attached hydrogen (secondary N) is 1. The number of carbonyl (C=O) groups excluding carboxylic acids is 3. The zero-order valence-electron chi connectivity index (χ0n) is 15.9. The van der Waals surface area contributed by atoms with Gasteiger partial charge in [-0.15, -0.1) is 11.3 Å². The van der Waals surface area contributed by atoms with Gasteiger partial charge in [0.2, 0.25) is 0 Å². The van der Waals surface area contributed by atoms with E-state index in [4.69, 9.17) is 19.9 Å². The summed E-state index contributed by atoms with van der Waals surface area (Å²) in [5.41, 5.74) is 7.03. The van der Waals surface area contributed by atoms with Crippen LogP contribution in [0.15, 0.2) is 24.3 Å². The molecule has 2 rings (SSSR count). The number of benzene rings is 1. The first kappa shape index (κ1) is 21.2. The van der Waals surface area contributed by atoms with Crippen LogP contribution in [0.1, 0.15) is 38.1 Å². The Kier molecular flexibility index (Phi) is 7.39. The lowest BCUT2D eigenvalue weighted by atomic mass is 10.1. The Balaban J connectivity index is 2.13. The number of carbonyl (C=O) groups is 3. The third-order valence-electron chi connectivity index (χ3n) is 3.76. The molecule has 1 amide bonds. The molecule has 3 N–H and O–H groups in total. The highest BCUT2D eigenvalue weighted by atomic mass is 32.1. The minimum Gasteiger partial charge on any atom is -0.482 e. The van der Waals surface area contributed by atoms with Crippen LogP contribution in [0.4, 0.5) is 5.00 Å². The van der Waals surface area contributed by atoms with Crippen molar-refractivity contribution in [1.29, 1.82) is 0 Å². The number of anilines is 1. The highest BCUT2D eigenvalue weighted by Gasteiger charge is 2.27. The first-order valence-corrected chi connectivity index (χ1v) is 9.35. The molecule has 9 heteroatoms. The Morgan fingerprint density at radius 1 is 1.18 bits per heavy atom. The summed E-state index contributed by atoms with van der Waals surface area (Å²) >= 11 is 0.934. The standard InChI is InChI=1S/C19H22N2O6S/c1-4-25-19(24)15-12(16(18(23)21-3)28-17(15)20)9-27-14(22)10-26-13-8-6-5-7-11(13)2/h5-8H,4,9-10,20H2,1-3H3,(H,21,23). The molecule has 1 aromatic heterocycles. The number of ether oxygens (including phenoxy) is 3. The third kappa shape index (κ3) is 5.01. The summed E-state index contributed by atoms with van der Waals surface area (Å²) in [6.07, 6.45) is 0. The second kappa shape index (κ2) is 9.75. The van der Waals surface area contributed by atoms with Gasteiger partial charge in [-0.2, -0.15) is 0 Å². The van der Waals surface area contributed by atoms with Crippen molar-refractivity contribution in [2.45, 2.75) is 20.5 Å². The van der Waals surface area contributed by atoms with E-state index in [1.165, 1.54) is 7.05 Å². The van der Waals surface area contributed by atoms with Gasteiger partial charge in [-0.05, 0) is 25.5 Å². The SMILES string of the molecule is CCOC(=O)c1c(N)sc(C(=O)NC)c1COC(=O)COc1ccccc1C. The molecule has 1 aromatic carbocycles. The van der Waals surface area contributed by atoms with E-state index in [-0.39, 0.29) is 40.8 Å². The van der Waals surface area contributed by atoms with E-state index in [1.54, 1.807) is 19.1 Å². The fourth-order valence-corrected chi connectivity index (χ4v) is 3.40. The highest BCUT2D eigenvalue weighted by molar-refractivity contribution is 7.18. The number of esters is 2. The van der Waals surface area contributed by atoms with Crippen molar-refractivity contribution in [2.75, 3.05) is 26.0 Å². The van der Waals surface area contributed by atoms with Crippen LogP contribution in [0.5, 0.6) is 5.75 Å². The first-order chi connectivity index (χ1) is 13.4. The van der Waals surface area contributed by atoms with Crippen molar-refractivity contribution in [2.24, 2.45) is 0 Å².